The van der Waals surface area contributed by atoms with E-state index < -0.39 is 0 Å². The third-order valence-corrected chi connectivity index (χ3v) is 6.65. The fourth-order valence-corrected chi connectivity index (χ4v) is 4.74. The van der Waals surface area contributed by atoms with Crippen LogP contribution in [0.15, 0.2) is 60.7 Å². The number of benzene rings is 2. The zero-order valence-electron chi connectivity index (χ0n) is 18.3. The Balaban J connectivity index is 1.40. The Bertz CT molecular complexity index is 850. The average Bonchev–Trinajstić information content (AvgIpc) is 3.77. The largest absolute Gasteiger partial charge is 0.371 e. The maximum Gasteiger partial charge on any atom is 0.230 e. The summed E-state index contributed by atoms with van der Waals surface area (Å²) in [5.41, 5.74) is 1.74. The van der Waals surface area contributed by atoms with Crippen molar-refractivity contribution in [2.45, 2.75) is 37.9 Å². The first-order chi connectivity index (χ1) is 15.7. The van der Waals surface area contributed by atoms with Crippen molar-refractivity contribution in [1.82, 2.24) is 0 Å². The third-order valence-electron chi connectivity index (χ3n) is 6.65. The number of anilines is 2. The van der Waals surface area contributed by atoms with Crippen molar-refractivity contribution in [3.63, 3.8) is 0 Å². The van der Waals surface area contributed by atoms with E-state index >= 15 is 0 Å². The van der Waals surface area contributed by atoms with E-state index in [-0.39, 0.29) is 35.9 Å². The predicted molar refractivity (Wildman–Crippen MR) is 123 cm³/mol. The van der Waals surface area contributed by atoms with E-state index in [1.54, 1.807) is 0 Å². The van der Waals surface area contributed by atoms with Crippen LogP contribution >= 0.6 is 0 Å². The van der Waals surface area contributed by atoms with Gasteiger partial charge in [0.15, 0.2) is 0 Å². The summed E-state index contributed by atoms with van der Waals surface area (Å²) in [6, 6.07) is 19.5. The molecule has 0 N–H and O–H groups in total. The zero-order valence-corrected chi connectivity index (χ0v) is 18.3. The summed E-state index contributed by atoms with van der Waals surface area (Å²) in [6.45, 7) is 2.46. The Morgan fingerprint density at radius 3 is 1.41 bits per heavy atom. The molecular weight excluding hydrogens is 404 g/mol. The van der Waals surface area contributed by atoms with Gasteiger partial charge in [-0.1, -0.05) is 49.2 Å². The monoisotopic (exact) mass is 434 g/mol. The molecule has 2 aromatic carbocycles. The molecule has 1 saturated carbocycles. The molecule has 1 aliphatic carbocycles. The quantitative estimate of drug-likeness (QED) is 0.595. The van der Waals surface area contributed by atoms with Crippen molar-refractivity contribution in [3.8, 4) is 0 Å². The first kappa shape index (κ1) is 21.2. The highest BCUT2D eigenvalue weighted by Crippen LogP contribution is 2.36. The number of nitrogens with zero attached hydrogens (tertiary/aromatic N) is 2. The smallest absolute Gasteiger partial charge is 0.230 e. The van der Waals surface area contributed by atoms with Crippen molar-refractivity contribution in [2.24, 2.45) is 11.8 Å². The number of carbonyl (C=O) groups excluding carboxylic acids is 2. The van der Waals surface area contributed by atoms with Crippen molar-refractivity contribution >= 4 is 23.2 Å². The molecule has 3 fully saturated rings. The summed E-state index contributed by atoms with van der Waals surface area (Å²) >= 11 is 0. The Hall–Kier alpha value is -2.70. The van der Waals surface area contributed by atoms with Gasteiger partial charge in [0, 0.05) is 11.4 Å². The highest BCUT2D eigenvalue weighted by molar-refractivity contribution is 6.02. The van der Waals surface area contributed by atoms with Gasteiger partial charge in [-0.2, -0.15) is 0 Å². The van der Waals surface area contributed by atoms with Crippen LogP contribution in [0.2, 0.25) is 0 Å². The first-order valence-electron chi connectivity index (χ1n) is 11.7. The van der Waals surface area contributed by atoms with Crippen LogP contribution < -0.4 is 9.80 Å². The third kappa shape index (κ3) is 4.87. The normalized spacial score (nSPS) is 26.2. The average molecular weight is 435 g/mol. The van der Waals surface area contributed by atoms with E-state index in [0.29, 0.717) is 26.3 Å². The number of hydrogen-bond acceptors (Lipinski definition) is 4. The van der Waals surface area contributed by atoms with Crippen LogP contribution in [0, 0.1) is 11.8 Å². The maximum absolute atomic E-state index is 13.8. The number of rotatable bonds is 8. The molecule has 32 heavy (non-hydrogen) atoms. The van der Waals surface area contributed by atoms with E-state index in [2.05, 4.69) is 0 Å². The Labute approximate surface area is 189 Å². The van der Waals surface area contributed by atoms with Gasteiger partial charge < -0.3 is 19.3 Å². The predicted octanol–water partition coefficient (Wildman–Crippen LogP) is 3.66. The molecular formula is C26H30N2O4. The lowest BCUT2D eigenvalue weighted by Crippen LogP contribution is -2.48. The van der Waals surface area contributed by atoms with Crippen molar-refractivity contribution in [1.29, 1.82) is 0 Å². The number of epoxide rings is 2. The molecule has 3 aliphatic rings. The number of hydrogen-bond donors (Lipinski definition) is 0. The lowest BCUT2D eigenvalue weighted by molar-refractivity contribution is -0.133. The van der Waals surface area contributed by atoms with Crippen molar-refractivity contribution in [2.75, 3.05) is 36.1 Å². The molecule has 2 amide bonds. The van der Waals surface area contributed by atoms with Gasteiger partial charge in [0.2, 0.25) is 11.8 Å². The summed E-state index contributed by atoms with van der Waals surface area (Å²) in [4.78, 5) is 31.4. The second-order valence-corrected chi connectivity index (χ2v) is 8.98. The van der Waals surface area contributed by atoms with E-state index in [1.807, 2.05) is 70.5 Å². The molecule has 2 aliphatic heterocycles. The number of carbonyl (C=O) groups is 2. The minimum absolute atomic E-state index is 0.0421. The molecule has 0 aromatic heterocycles. The molecule has 5 rings (SSSR count). The second-order valence-electron chi connectivity index (χ2n) is 8.98. The van der Waals surface area contributed by atoms with Gasteiger partial charge in [-0.15, -0.1) is 0 Å². The summed E-state index contributed by atoms with van der Waals surface area (Å²) < 4.78 is 10.9. The number of amides is 2. The summed E-state index contributed by atoms with van der Waals surface area (Å²) in [6.07, 6.45) is 3.60. The summed E-state index contributed by atoms with van der Waals surface area (Å²) in [5, 5.41) is 0. The second kappa shape index (κ2) is 9.43. The van der Waals surface area contributed by atoms with E-state index in [9.17, 15) is 9.59 Å². The van der Waals surface area contributed by atoms with Crippen LogP contribution in [-0.2, 0) is 19.1 Å². The van der Waals surface area contributed by atoms with E-state index in [1.165, 1.54) is 0 Å². The molecule has 0 radical (unpaired) electrons. The minimum Gasteiger partial charge on any atom is -0.371 e. The standard InChI is InChI=1S/C26H30N2O4/c29-25(27(15-21-17-31-21)19-9-3-1-4-10-19)23-13-7-8-14-24(23)26(30)28(16-22-18-32-22)20-11-5-2-6-12-20/h1-6,9-12,21-24H,7-8,13-18H2. The minimum atomic E-state index is -0.318. The summed E-state index contributed by atoms with van der Waals surface area (Å²) in [7, 11) is 0. The van der Waals surface area contributed by atoms with Crippen molar-refractivity contribution < 1.29 is 19.1 Å². The van der Waals surface area contributed by atoms with Crippen LogP contribution in [0.25, 0.3) is 0 Å². The lowest BCUT2D eigenvalue weighted by atomic mass is 9.77. The highest BCUT2D eigenvalue weighted by Gasteiger charge is 2.42. The van der Waals surface area contributed by atoms with Gasteiger partial charge in [-0.3, -0.25) is 9.59 Å². The zero-order chi connectivity index (χ0) is 21.9. The van der Waals surface area contributed by atoms with Gasteiger partial charge >= 0.3 is 0 Å². The molecule has 0 bridgehead atoms. The lowest BCUT2D eigenvalue weighted by Gasteiger charge is -2.36. The first-order valence-corrected chi connectivity index (χ1v) is 11.7. The Morgan fingerprint density at radius 1 is 0.688 bits per heavy atom. The molecule has 6 nitrogen and oxygen atoms in total. The van der Waals surface area contributed by atoms with Crippen LogP contribution in [0.5, 0.6) is 0 Å². The van der Waals surface area contributed by atoms with Gasteiger partial charge in [0.05, 0.1) is 50.3 Å². The van der Waals surface area contributed by atoms with Crippen LogP contribution in [0.1, 0.15) is 25.7 Å². The Morgan fingerprint density at radius 2 is 1.06 bits per heavy atom. The topological polar surface area (TPSA) is 65.7 Å². The van der Waals surface area contributed by atoms with Gasteiger partial charge in [0.1, 0.15) is 0 Å². The van der Waals surface area contributed by atoms with Gasteiger partial charge in [-0.25, -0.2) is 0 Å². The van der Waals surface area contributed by atoms with Gasteiger partial charge in [0.25, 0.3) is 0 Å². The van der Waals surface area contributed by atoms with Crippen LogP contribution in [0.4, 0.5) is 11.4 Å². The Kier molecular flexibility index (Phi) is 6.23. The molecule has 4 unspecified atom stereocenters. The number of ether oxygens (including phenoxy) is 2. The molecule has 4 atom stereocenters. The molecule has 168 valence electrons. The molecule has 6 heteroatoms. The molecule has 2 heterocycles. The van der Waals surface area contributed by atoms with Gasteiger partial charge in [-0.05, 0) is 37.1 Å². The number of para-hydroxylation sites is 2. The summed E-state index contributed by atoms with van der Waals surface area (Å²) in [5.74, 6) is -0.552. The molecule has 0 spiro atoms. The van der Waals surface area contributed by atoms with Crippen LogP contribution in [0.3, 0.4) is 0 Å². The fraction of sp³-hybridized carbons (Fsp3) is 0.462. The SMILES string of the molecule is O=C(C1CCCCC1C(=O)N(CC1CO1)c1ccccc1)N(CC1CO1)c1ccccc1. The van der Waals surface area contributed by atoms with Crippen molar-refractivity contribution in [3.05, 3.63) is 60.7 Å². The maximum atomic E-state index is 13.8. The van der Waals surface area contributed by atoms with E-state index in [0.717, 1.165) is 37.1 Å². The van der Waals surface area contributed by atoms with E-state index in [4.69, 9.17) is 9.47 Å². The molecule has 2 saturated heterocycles. The highest BCUT2D eigenvalue weighted by atomic mass is 16.6. The molecule has 2 aromatic rings. The fourth-order valence-electron chi connectivity index (χ4n) is 4.74. The van der Waals surface area contributed by atoms with Crippen LogP contribution in [-0.4, -0.2) is 50.3 Å².